The summed E-state index contributed by atoms with van der Waals surface area (Å²) in [6, 6.07) is 12.0. The van der Waals surface area contributed by atoms with E-state index in [1.54, 1.807) is 12.1 Å². The highest BCUT2D eigenvalue weighted by Gasteiger charge is 2.29. The quantitative estimate of drug-likeness (QED) is 0.882. The van der Waals surface area contributed by atoms with Crippen LogP contribution in [-0.2, 0) is 16.4 Å². The van der Waals surface area contributed by atoms with Crippen LogP contribution < -0.4 is 14.5 Å². The molecular formula is C20H23N3O3S. The van der Waals surface area contributed by atoms with Crippen molar-refractivity contribution in [1.82, 2.24) is 4.72 Å². The number of amides is 2. The summed E-state index contributed by atoms with van der Waals surface area (Å²) >= 11 is 0. The Kier molecular flexibility index (Phi) is 4.55. The summed E-state index contributed by atoms with van der Waals surface area (Å²) in [5.41, 5.74) is 3.92. The molecule has 4 rings (SSSR count). The van der Waals surface area contributed by atoms with E-state index in [0.29, 0.717) is 6.54 Å². The number of carbonyl (C=O) groups excluding carboxylic acids is 1. The molecule has 0 aliphatic carbocycles. The number of carbonyl (C=O) groups is 1. The van der Waals surface area contributed by atoms with E-state index in [4.69, 9.17) is 0 Å². The number of aryl methyl sites for hydroxylation is 1. The summed E-state index contributed by atoms with van der Waals surface area (Å²) in [4.78, 5) is 16.6. The number of urea groups is 1. The van der Waals surface area contributed by atoms with Gasteiger partial charge in [-0.1, -0.05) is 23.8 Å². The molecule has 1 N–H and O–H groups in total. The van der Waals surface area contributed by atoms with Gasteiger partial charge in [0.05, 0.1) is 10.6 Å². The topological polar surface area (TPSA) is 69.7 Å². The molecule has 1 fully saturated rings. The highest BCUT2D eigenvalue weighted by molar-refractivity contribution is 7.90. The van der Waals surface area contributed by atoms with Crippen molar-refractivity contribution in [3.63, 3.8) is 0 Å². The van der Waals surface area contributed by atoms with Crippen molar-refractivity contribution in [2.45, 2.75) is 31.1 Å². The largest absolute Gasteiger partial charge is 0.371 e. The molecule has 0 aromatic heterocycles. The molecule has 0 spiro atoms. The molecule has 0 unspecified atom stereocenters. The number of rotatable bonds is 3. The second-order valence-electron chi connectivity index (χ2n) is 7.13. The second kappa shape index (κ2) is 6.88. The van der Waals surface area contributed by atoms with Gasteiger partial charge in [0.1, 0.15) is 0 Å². The number of sulfonamides is 1. The van der Waals surface area contributed by atoms with Gasteiger partial charge >= 0.3 is 6.03 Å². The molecule has 6 nitrogen and oxygen atoms in total. The summed E-state index contributed by atoms with van der Waals surface area (Å²) in [6.07, 6.45) is 3.08. The van der Waals surface area contributed by atoms with Gasteiger partial charge in [-0.3, -0.25) is 4.90 Å². The number of nitrogens with one attached hydrogen (secondary N) is 1. The Bertz CT molecular complexity index is 964. The minimum Gasteiger partial charge on any atom is -0.371 e. The van der Waals surface area contributed by atoms with Gasteiger partial charge in [-0.2, -0.15) is 0 Å². The van der Waals surface area contributed by atoms with E-state index >= 15 is 0 Å². The van der Waals surface area contributed by atoms with Crippen molar-refractivity contribution < 1.29 is 13.2 Å². The van der Waals surface area contributed by atoms with Gasteiger partial charge in [-0.25, -0.2) is 17.9 Å². The van der Waals surface area contributed by atoms with E-state index in [-0.39, 0.29) is 4.90 Å². The zero-order valence-corrected chi connectivity index (χ0v) is 16.1. The first kappa shape index (κ1) is 17.9. The van der Waals surface area contributed by atoms with Crippen LogP contribution in [0.4, 0.5) is 16.2 Å². The molecule has 27 heavy (non-hydrogen) atoms. The Morgan fingerprint density at radius 1 is 1.00 bits per heavy atom. The summed E-state index contributed by atoms with van der Waals surface area (Å²) in [5, 5.41) is 0. The lowest BCUT2D eigenvalue weighted by Gasteiger charge is -2.22. The summed E-state index contributed by atoms with van der Waals surface area (Å²) in [5.74, 6) is 0. The number of hydrogen-bond donors (Lipinski definition) is 1. The van der Waals surface area contributed by atoms with Gasteiger partial charge in [0.25, 0.3) is 10.0 Å². The van der Waals surface area contributed by atoms with Gasteiger partial charge in [0.2, 0.25) is 0 Å². The Morgan fingerprint density at radius 2 is 1.70 bits per heavy atom. The molecule has 0 atom stereocenters. The maximum absolute atomic E-state index is 12.7. The molecule has 1 saturated heterocycles. The molecule has 2 aromatic rings. The van der Waals surface area contributed by atoms with Crippen molar-refractivity contribution in [1.29, 1.82) is 0 Å². The first-order valence-electron chi connectivity index (χ1n) is 9.23. The van der Waals surface area contributed by atoms with Crippen LogP contribution >= 0.6 is 0 Å². The van der Waals surface area contributed by atoms with Crippen molar-refractivity contribution in [3.05, 3.63) is 53.6 Å². The third-order valence-corrected chi connectivity index (χ3v) is 6.57. The number of nitrogens with zero attached hydrogens (tertiary/aromatic N) is 2. The van der Waals surface area contributed by atoms with E-state index in [0.717, 1.165) is 42.0 Å². The second-order valence-corrected chi connectivity index (χ2v) is 8.81. The van der Waals surface area contributed by atoms with Gasteiger partial charge in [0.15, 0.2) is 0 Å². The van der Waals surface area contributed by atoms with Crippen molar-refractivity contribution in [2.24, 2.45) is 0 Å². The zero-order valence-electron chi connectivity index (χ0n) is 15.3. The fraction of sp³-hybridized carbons (Fsp3) is 0.350. The van der Waals surface area contributed by atoms with Crippen LogP contribution in [0.15, 0.2) is 47.4 Å². The standard InChI is InChI=1S/C20H23N3O3S/c1-15-4-8-18(9-5-15)27(25,26)21-20(24)23-13-10-16-6-7-17(14-19(16)23)22-11-2-3-12-22/h4-9,14H,2-3,10-13H2,1H3,(H,21,24). The molecule has 2 aromatic carbocycles. The molecule has 0 bridgehead atoms. The lowest BCUT2D eigenvalue weighted by Crippen LogP contribution is -2.42. The predicted octanol–water partition coefficient (Wildman–Crippen LogP) is 3.06. The lowest BCUT2D eigenvalue weighted by atomic mass is 10.1. The van der Waals surface area contributed by atoms with Crippen LogP contribution in [0.2, 0.25) is 0 Å². The average Bonchev–Trinajstić information content (AvgIpc) is 3.31. The fourth-order valence-corrected chi connectivity index (χ4v) is 4.65. The lowest BCUT2D eigenvalue weighted by molar-refractivity contribution is 0.251. The van der Waals surface area contributed by atoms with Crippen LogP contribution in [0.5, 0.6) is 0 Å². The normalized spacial score (nSPS) is 16.5. The highest BCUT2D eigenvalue weighted by atomic mass is 32.2. The molecule has 0 radical (unpaired) electrons. The van der Waals surface area contributed by atoms with E-state index in [1.807, 2.05) is 19.1 Å². The van der Waals surface area contributed by atoms with Gasteiger partial charge in [0, 0.05) is 25.3 Å². The van der Waals surface area contributed by atoms with Crippen LogP contribution in [0.1, 0.15) is 24.0 Å². The van der Waals surface area contributed by atoms with Crippen molar-refractivity contribution in [2.75, 3.05) is 29.4 Å². The van der Waals surface area contributed by atoms with Gasteiger partial charge < -0.3 is 4.90 Å². The number of anilines is 2. The summed E-state index contributed by atoms with van der Waals surface area (Å²) in [7, 11) is -3.89. The Balaban J connectivity index is 1.55. The first-order chi connectivity index (χ1) is 12.9. The zero-order chi connectivity index (χ0) is 19.0. The minimum absolute atomic E-state index is 0.0895. The molecule has 2 aliphatic heterocycles. The Morgan fingerprint density at radius 3 is 2.41 bits per heavy atom. The molecule has 2 aliphatic rings. The smallest absolute Gasteiger partial charge is 0.335 e. The molecule has 0 saturated carbocycles. The predicted molar refractivity (Wildman–Crippen MR) is 106 cm³/mol. The van der Waals surface area contributed by atoms with Crippen LogP contribution in [-0.4, -0.2) is 34.1 Å². The van der Waals surface area contributed by atoms with Crippen LogP contribution in [0.3, 0.4) is 0 Å². The van der Waals surface area contributed by atoms with Gasteiger partial charge in [-0.05, 0) is 56.0 Å². The number of hydrogen-bond acceptors (Lipinski definition) is 4. The first-order valence-corrected chi connectivity index (χ1v) is 10.7. The Labute approximate surface area is 159 Å². The maximum Gasteiger partial charge on any atom is 0.335 e. The Hall–Kier alpha value is -2.54. The number of benzene rings is 2. The average molecular weight is 385 g/mol. The molecule has 7 heteroatoms. The SMILES string of the molecule is Cc1ccc(S(=O)(=O)NC(=O)N2CCc3ccc(N4CCCC4)cc32)cc1. The third kappa shape index (κ3) is 3.51. The monoisotopic (exact) mass is 385 g/mol. The van der Waals surface area contributed by atoms with E-state index in [9.17, 15) is 13.2 Å². The van der Waals surface area contributed by atoms with Crippen LogP contribution in [0, 0.1) is 6.92 Å². The highest BCUT2D eigenvalue weighted by Crippen LogP contribution is 2.33. The minimum atomic E-state index is -3.89. The third-order valence-electron chi connectivity index (χ3n) is 5.23. The van der Waals surface area contributed by atoms with E-state index in [1.165, 1.54) is 29.9 Å². The fourth-order valence-electron chi connectivity index (χ4n) is 3.70. The van der Waals surface area contributed by atoms with E-state index in [2.05, 4.69) is 15.7 Å². The van der Waals surface area contributed by atoms with Crippen molar-refractivity contribution >= 4 is 27.4 Å². The van der Waals surface area contributed by atoms with Crippen LogP contribution in [0.25, 0.3) is 0 Å². The van der Waals surface area contributed by atoms with Gasteiger partial charge in [-0.15, -0.1) is 0 Å². The number of fused-ring (bicyclic) bond motifs is 1. The molecular weight excluding hydrogens is 362 g/mol. The summed E-state index contributed by atoms with van der Waals surface area (Å²) < 4.78 is 27.3. The molecule has 142 valence electrons. The van der Waals surface area contributed by atoms with Crippen molar-refractivity contribution in [3.8, 4) is 0 Å². The summed E-state index contributed by atoms with van der Waals surface area (Å²) in [6.45, 7) is 4.40. The maximum atomic E-state index is 12.7. The molecule has 2 heterocycles. The van der Waals surface area contributed by atoms with E-state index < -0.39 is 16.1 Å². The molecule has 2 amide bonds.